The van der Waals surface area contributed by atoms with Gasteiger partial charge in [-0.1, -0.05) is 0 Å². The Morgan fingerprint density at radius 3 is 2.42 bits per heavy atom. The highest BCUT2D eigenvalue weighted by atomic mass is 79.9. The Balaban J connectivity index is 3.16. The lowest BCUT2D eigenvalue weighted by atomic mass is 10.3. The van der Waals surface area contributed by atoms with Gasteiger partial charge in [-0.05, 0) is 28.4 Å². The summed E-state index contributed by atoms with van der Waals surface area (Å²) in [4.78, 5) is -0.00649. The van der Waals surface area contributed by atoms with Gasteiger partial charge in [0.15, 0.2) is 0 Å². The number of halogens is 1. The Kier molecular flexibility index (Phi) is 6.05. The summed E-state index contributed by atoms with van der Waals surface area (Å²) in [5.41, 5.74) is 0. The summed E-state index contributed by atoms with van der Waals surface area (Å²) < 4.78 is 37.4. The molecule has 0 aromatic heterocycles. The molecule has 6 nitrogen and oxygen atoms in total. The summed E-state index contributed by atoms with van der Waals surface area (Å²) in [5, 5.41) is 8.67. The Labute approximate surface area is 120 Å². The fourth-order valence-corrected chi connectivity index (χ4v) is 3.13. The summed E-state index contributed by atoms with van der Waals surface area (Å²) in [6.45, 7) is 0.0731. The van der Waals surface area contributed by atoms with E-state index in [-0.39, 0.29) is 23.8 Å². The quantitative estimate of drug-likeness (QED) is 0.717. The molecule has 0 radical (unpaired) electrons. The van der Waals surface area contributed by atoms with Crippen LogP contribution in [0.25, 0.3) is 0 Å². The molecular weight excluding hydrogens is 338 g/mol. The molecule has 108 valence electrons. The van der Waals surface area contributed by atoms with Crippen molar-refractivity contribution in [3.8, 4) is 11.5 Å². The average molecular weight is 354 g/mol. The maximum absolute atomic E-state index is 12.1. The van der Waals surface area contributed by atoms with Crippen molar-refractivity contribution in [2.75, 3.05) is 27.4 Å². The van der Waals surface area contributed by atoms with Crippen molar-refractivity contribution in [3.63, 3.8) is 0 Å². The SMILES string of the molecule is COc1cc(S(=O)(=O)NCCCO)c(OC)cc1Br. The van der Waals surface area contributed by atoms with Crippen LogP contribution in [-0.2, 0) is 10.0 Å². The Morgan fingerprint density at radius 1 is 1.26 bits per heavy atom. The molecule has 0 bridgehead atoms. The van der Waals surface area contributed by atoms with Gasteiger partial charge in [0.05, 0.1) is 18.7 Å². The number of ether oxygens (including phenoxy) is 2. The van der Waals surface area contributed by atoms with Crippen molar-refractivity contribution in [2.24, 2.45) is 0 Å². The third-order valence-corrected chi connectivity index (χ3v) is 4.46. The van der Waals surface area contributed by atoms with Crippen LogP contribution in [0, 0.1) is 0 Å². The molecule has 0 aliphatic heterocycles. The molecule has 0 unspecified atom stereocenters. The number of hydrogen-bond donors (Lipinski definition) is 2. The highest BCUT2D eigenvalue weighted by molar-refractivity contribution is 9.10. The first-order chi connectivity index (χ1) is 8.96. The van der Waals surface area contributed by atoms with Gasteiger partial charge in [0, 0.05) is 19.2 Å². The largest absolute Gasteiger partial charge is 0.496 e. The van der Waals surface area contributed by atoms with E-state index in [2.05, 4.69) is 20.7 Å². The Hall–Kier alpha value is -0.830. The second-order valence-electron chi connectivity index (χ2n) is 3.61. The minimum Gasteiger partial charge on any atom is -0.496 e. The van der Waals surface area contributed by atoms with Gasteiger partial charge in [0.25, 0.3) is 0 Å². The molecule has 0 aliphatic rings. The molecule has 0 atom stereocenters. The molecule has 2 N–H and O–H groups in total. The molecule has 1 aromatic carbocycles. The molecule has 0 saturated carbocycles. The predicted molar refractivity (Wildman–Crippen MR) is 74.1 cm³/mol. The summed E-state index contributed by atoms with van der Waals surface area (Å²) in [6, 6.07) is 2.91. The van der Waals surface area contributed by atoms with Crippen molar-refractivity contribution in [1.29, 1.82) is 0 Å². The summed E-state index contributed by atoms with van der Waals surface area (Å²) in [6.07, 6.45) is 0.342. The second-order valence-corrected chi connectivity index (χ2v) is 6.20. The van der Waals surface area contributed by atoms with E-state index in [0.29, 0.717) is 16.6 Å². The van der Waals surface area contributed by atoms with Gasteiger partial charge in [-0.3, -0.25) is 0 Å². The van der Waals surface area contributed by atoms with E-state index in [1.165, 1.54) is 26.4 Å². The number of methoxy groups -OCH3 is 2. The second kappa shape index (κ2) is 7.09. The first-order valence-electron chi connectivity index (χ1n) is 5.48. The number of sulfonamides is 1. The van der Waals surface area contributed by atoms with Gasteiger partial charge in [0.1, 0.15) is 16.4 Å². The van der Waals surface area contributed by atoms with Gasteiger partial charge < -0.3 is 14.6 Å². The number of aliphatic hydroxyl groups is 1. The number of benzene rings is 1. The van der Waals surface area contributed by atoms with Crippen molar-refractivity contribution < 1.29 is 23.0 Å². The number of rotatable bonds is 7. The van der Waals surface area contributed by atoms with Crippen LogP contribution in [0.5, 0.6) is 11.5 Å². The molecule has 1 rings (SSSR count). The van der Waals surface area contributed by atoms with E-state index in [1.807, 2.05) is 0 Å². The van der Waals surface area contributed by atoms with Crippen LogP contribution in [-0.4, -0.2) is 40.9 Å². The summed E-state index contributed by atoms with van der Waals surface area (Å²) >= 11 is 3.26. The molecule has 0 aliphatic carbocycles. The maximum atomic E-state index is 12.1. The van der Waals surface area contributed by atoms with Crippen molar-refractivity contribution in [3.05, 3.63) is 16.6 Å². The van der Waals surface area contributed by atoms with Gasteiger partial charge in [-0.25, -0.2) is 13.1 Å². The fraction of sp³-hybridized carbons (Fsp3) is 0.455. The average Bonchev–Trinajstić information content (AvgIpc) is 2.38. The zero-order chi connectivity index (χ0) is 14.5. The topological polar surface area (TPSA) is 84.9 Å². The lowest BCUT2D eigenvalue weighted by Crippen LogP contribution is -2.25. The molecule has 0 spiro atoms. The zero-order valence-corrected chi connectivity index (χ0v) is 13.0. The van der Waals surface area contributed by atoms with E-state index in [9.17, 15) is 8.42 Å². The molecule has 0 fully saturated rings. The first-order valence-corrected chi connectivity index (χ1v) is 7.76. The van der Waals surface area contributed by atoms with Crippen LogP contribution in [0.1, 0.15) is 6.42 Å². The smallest absolute Gasteiger partial charge is 0.244 e. The third kappa shape index (κ3) is 4.07. The van der Waals surface area contributed by atoms with Gasteiger partial charge in [0.2, 0.25) is 10.0 Å². The minimum absolute atomic E-state index is 0.00649. The minimum atomic E-state index is -3.71. The van der Waals surface area contributed by atoms with Crippen molar-refractivity contribution >= 4 is 26.0 Å². The molecular formula is C11H16BrNO5S. The van der Waals surface area contributed by atoms with E-state index in [4.69, 9.17) is 14.6 Å². The van der Waals surface area contributed by atoms with Crippen molar-refractivity contribution in [1.82, 2.24) is 4.72 Å². The molecule has 0 saturated heterocycles. The van der Waals surface area contributed by atoms with Crippen LogP contribution < -0.4 is 14.2 Å². The molecule has 19 heavy (non-hydrogen) atoms. The number of hydrogen-bond acceptors (Lipinski definition) is 5. The third-order valence-electron chi connectivity index (χ3n) is 2.35. The Bertz CT molecular complexity index is 532. The normalized spacial score (nSPS) is 11.4. The Morgan fingerprint density at radius 2 is 1.89 bits per heavy atom. The first kappa shape index (κ1) is 16.2. The van der Waals surface area contributed by atoms with E-state index < -0.39 is 10.0 Å². The molecule has 0 amide bonds. The highest BCUT2D eigenvalue weighted by Crippen LogP contribution is 2.35. The molecule has 0 heterocycles. The predicted octanol–water partition coefficient (Wildman–Crippen LogP) is 1.13. The fourth-order valence-electron chi connectivity index (χ4n) is 1.41. The van der Waals surface area contributed by atoms with Gasteiger partial charge >= 0.3 is 0 Å². The number of aliphatic hydroxyl groups excluding tert-OH is 1. The van der Waals surface area contributed by atoms with Crippen LogP contribution in [0.15, 0.2) is 21.5 Å². The van der Waals surface area contributed by atoms with E-state index in [0.717, 1.165) is 0 Å². The maximum Gasteiger partial charge on any atom is 0.244 e. The highest BCUT2D eigenvalue weighted by Gasteiger charge is 2.21. The molecule has 8 heteroatoms. The van der Waals surface area contributed by atoms with E-state index in [1.54, 1.807) is 0 Å². The number of nitrogens with one attached hydrogen (secondary N) is 1. The lowest BCUT2D eigenvalue weighted by Gasteiger charge is -2.13. The van der Waals surface area contributed by atoms with Crippen LogP contribution in [0.3, 0.4) is 0 Å². The summed E-state index contributed by atoms with van der Waals surface area (Å²) in [5.74, 6) is 0.604. The van der Waals surface area contributed by atoms with Crippen molar-refractivity contribution in [2.45, 2.75) is 11.3 Å². The zero-order valence-electron chi connectivity index (χ0n) is 10.6. The lowest BCUT2D eigenvalue weighted by molar-refractivity contribution is 0.289. The molecule has 1 aromatic rings. The monoisotopic (exact) mass is 353 g/mol. The van der Waals surface area contributed by atoms with E-state index >= 15 is 0 Å². The van der Waals surface area contributed by atoms with Gasteiger partial charge in [-0.2, -0.15) is 0 Å². The van der Waals surface area contributed by atoms with Crippen LogP contribution in [0.2, 0.25) is 0 Å². The van der Waals surface area contributed by atoms with Gasteiger partial charge in [-0.15, -0.1) is 0 Å². The summed E-state index contributed by atoms with van der Waals surface area (Å²) in [7, 11) is -0.875. The van der Waals surface area contributed by atoms with Crippen LogP contribution in [0.4, 0.5) is 0 Å². The van der Waals surface area contributed by atoms with Crippen LogP contribution >= 0.6 is 15.9 Å². The standard InChI is InChI=1S/C11H16BrNO5S/c1-17-9-7-11(10(18-2)6-8(9)12)19(15,16)13-4-3-5-14/h6-7,13-14H,3-5H2,1-2H3.